The highest BCUT2D eigenvalue weighted by atomic mass is 14.7. The van der Waals surface area contributed by atoms with Gasteiger partial charge in [0.1, 0.15) is 0 Å². The molecule has 96 valence electrons. The summed E-state index contributed by atoms with van der Waals surface area (Å²) in [6, 6.07) is 0. The van der Waals surface area contributed by atoms with E-state index in [1.807, 2.05) is 12.2 Å². The highest BCUT2D eigenvalue weighted by molar-refractivity contribution is 5.71. The lowest BCUT2D eigenvalue weighted by Crippen LogP contribution is -2.02. The van der Waals surface area contributed by atoms with Crippen molar-refractivity contribution in [2.45, 2.75) is 52.4 Å². The van der Waals surface area contributed by atoms with Crippen LogP contribution in [0, 0.1) is 5.92 Å². The Labute approximate surface area is 107 Å². The molecule has 0 aliphatic carbocycles. The molecule has 0 saturated heterocycles. The van der Waals surface area contributed by atoms with Crippen molar-refractivity contribution in [3.8, 4) is 0 Å². The summed E-state index contributed by atoms with van der Waals surface area (Å²) in [4.78, 5) is 4.45. The summed E-state index contributed by atoms with van der Waals surface area (Å²) in [5.74, 6) is 0.557. The van der Waals surface area contributed by atoms with E-state index in [2.05, 4.69) is 32.0 Å². The van der Waals surface area contributed by atoms with Gasteiger partial charge in [0.05, 0.1) is 0 Å². The lowest BCUT2D eigenvalue weighted by Gasteiger charge is -2.15. The van der Waals surface area contributed by atoms with Crippen molar-refractivity contribution >= 4 is 6.21 Å². The predicted octanol–water partition coefficient (Wildman–Crippen LogP) is 5.31. The van der Waals surface area contributed by atoms with Crippen LogP contribution >= 0.6 is 0 Å². The molecule has 0 bridgehead atoms. The van der Waals surface area contributed by atoms with Gasteiger partial charge < -0.3 is 0 Å². The maximum Gasteiger partial charge on any atom is 0.0434 e. The van der Waals surface area contributed by atoms with Gasteiger partial charge in [-0.25, -0.2) is 0 Å². The van der Waals surface area contributed by atoms with Crippen LogP contribution in [0.5, 0.6) is 0 Å². The molecule has 1 atom stereocenters. The van der Waals surface area contributed by atoms with E-state index in [1.165, 1.54) is 32.1 Å². The van der Waals surface area contributed by atoms with E-state index in [0.717, 1.165) is 12.1 Å². The first kappa shape index (κ1) is 15.9. The van der Waals surface area contributed by atoms with Crippen molar-refractivity contribution in [3.63, 3.8) is 0 Å². The Morgan fingerprint density at radius 3 is 2.41 bits per heavy atom. The minimum Gasteiger partial charge on any atom is -0.261 e. The summed E-state index contributed by atoms with van der Waals surface area (Å²) < 4.78 is 0. The van der Waals surface area contributed by atoms with E-state index in [1.54, 1.807) is 12.3 Å². The van der Waals surface area contributed by atoms with E-state index in [4.69, 9.17) is 0 Å². The minimum atomic E-state index is 0.557. The number of rotatable bonds is 10. The highest BCUT2D eigenvalue weighted by Crippen LogP contribution is 2.23. The molecule has 0 fully saturated rings. The summed E-state index contributed by atoms with van der Waals surface area (Å²) in [6.45, 7) is 11.9. The summed E-state index contributed by atoms with van der Waals surface area (Å²) in [5, 5.41) is 0. The quantitative estimate of drug-likeness (QED) is 0.275. The zero-order valence-corrected chi connectivity index (χ0v) is 11.5. The Balaban J connectivity index is 4.35. The molecule has 0 aromatic carbocycles. The van der Waals surface area contributed by atoms with Gasteiger partial charge in [0, 0.05) is 17.8 Å². The second kappa shape index (κ2) is 11.4. The number of hydrogen-bond donors (Lipinski definition) is 0. The van der Waals surface area contributed by atoms with E-state index in [0.29, 0.717) is 5.92 Å². The van der Waals surface area contributed by atoms with Crippen LogP contribution in [-0.4, -0.2) is 6.21 Å². The molecule has 0 amide bonds. The average Bonchev–Trinajstić information content (AvgIpc) is 2.35. The molecule has 1 nitrogen and oxygen atoms in total. The van der Waals surface area contributed by atoms with Crippen LogP contribution in [-0.2, 0) is 0 Å². The topological polar surface area (TPSA) is 12.4 Å². The summed E-state index contributed by atoms with van der Waals surface area (Å²) in [5.41, 5.74) is 1.14. The average molecular weight is 233 g/mol. The molecule has 0 rings (SSSR count). The molecule has 0 radical (unpaired) electrons. The molecule has 0 spiro atoms. The van der Waals surface area contributed by atoms with Crippen LogP contribution in [0.15, 0.2) is 42.1 Å². The van der Waals surface area contributed by atoms with Crippen LogP contribution in [0.1, 0.15) is 52.4 Å². The lowest BCUT2D eigenvalue weighted by atomic mass is 9.94. The third-order valence-electron chi connectivity index (χ3n) is 2.93. The van der Waals surface area contributed by atoms with Crippen LogP contribution in [0.25, 0.3) is 0 Å². The van der Waals surface area contributed by atoms with E-state index in [9.17, 15) is 0 Å². The Hall–Kier alpha value is -1.11. The van der Waals surface area contributed by atoms with Gasteiger partial charge in [-0.3, -0.25) is 4.99 Å². The van der Waals surface area contributed by atoms with E-state index in [-0.39, 0.29) is 0 Å². The van der Waals surface area contributed by atoms with Gasteiger partial charge in [-0.05, 0) is 18.9 Å². The van der Waals surface area contributed by atoms with E-state index < -0.39 is 0 Å². The fourth-order valence-corrected chi connectivity index (χ4v) is 1.92. The molecule has 0 heterocycles. The Morgan fingerprint density at radius 2 is 1.88 bits per heavy atom. The number of hydrogen-bond acceptors (Lipinski definition) is 1. The fraction of sp³-hybridized carbons (Fsp3) is 0.562. The maximum absolute atomic E-state index is 4.45. The lowest BCUT2D eigenvalue weighted by molar-refractivity contribution is 0.494. The van der Waals surface area contributed by atoms with Crippen molar-refractivity contribution in [1.29, 1.82) is 0 Å². The van der Waals surface area contributed by atoms with Gasteiger partial charge in [-0.15, -0.1) is 0 Å². The SMILES string of the molecule is C=CC=N/C(=C\C=C)C(CC)CCCCCC. The number of nitrogens with zero attached hydrogens (tertiary/aromatic N) is 1. The van der Waals surface area contributed by atoms with Gasteiger partial charge in [-0.2, -0.15) is 0 Å². The first-order valence-electron chi connectivity index (χ1n) is 6.77. The van der Waals surface area contributed by atoms with Gasteiger partial charge in [-0.1, -0.05) is 64.8 Å². The molecular formula is C16H27N. The predicted molar refractivity (Wildman–Crippen MR) is 79.5 cm³/mol. The fourth-order valence-electron chi connectivity index (χ4n) is 1.92. The van der Waals surface area contributed by atoms with Gasteiger partial charge in [0.15, 0.2) is 0 Å². The molecule has 17 heavy (non-hydrogen) atoms. The van der Waals surface area contributed by atoms with Gasteiger partial charge in [0.25, 0.3) is 0 Å². The normalized spacial score (nSPS) is 13.9. The van der Waals surface area contributed by atoms with Crippen molar-refractivity contribution in [1.82, 2.24) is 0 Å². The molecule has 0 aliphatic rings. The van der Waals surface area contributed by atoms with Crippen LogP contribution in [0.4, 0.5) is 0 Å². The van der Waals surface area contributed by atoms with E-state index >= 15 is 0 Å². The minimum absolute atomic E-state index is 0.557. The molecular weight excluding hydrogens is 206 g/mol. The molecule has 0 aromatic heterocycles. The summed E-state index contributed by atoms with van der Waals surface area (Å²) in [6.07, 6.45) is 15.0. The second-order valence-corrected chi connectivity index (χ2v) is 4.30. The van der Waals surface area contributed by atoms with Crippen molar-refractivity contribution in [2.24, 2.45) is 10.9 Å². The molecule has 0 aliphatic heterocycles. The maximum atomic E-state index is 4.45. The van der Waals surface area contributed by atoms with Crippen LogP contribution in [0.3, 0.4) is 0 Å². The largest absolute Gasteiger partial charge is 0.261 e. The van der Waals surface area contributed by atoms with Crippen LogP contribution < -0.4 is 0 Å². The number of aliphatic imine (C=N–C) groups is 1. The highest BCUT2D eigenvalue weighted by Gasteiger charge is 2.10. The first-order valence-corrected chi connectivity index (χ1v) is 6.77. The summed E-state index contributed by atoms with van der Waals surface area (Å²) in [7, 11) is 0. The standard InChI is InChI=1S/C16H27N/c1-5-9-10-11-13-15(8-4)16(12-6-2)17-14-7-3/h6-7,12,14-15H,2-3,5,8-11,13H2,1,4H3/b16-12-,17-14?. The zero-order valence-electron chi connectivity index (χ0n) is 11.5. The zero-order chi connectivity index (χ0) is 12.9. The molecule has 0 saturated carbocycles. The molecule has 0 N–H and O–H groups in total. The number of unbranched alkanes of at least 4 members (excludes halogenated alkanes) is 3. The van der Waals surface area contributed by atoms with Gasteiger partial charge >= 0.3 is 0 Å². The third-order valence-corrected chi connectivity index (χ3v) is 2.93. The Morgan fingerprint density at radius 1 is 1.12 bits per heavy atom. The third kappa shape index (κ3) is 7.73. The Bertz CT molecular complexity index is 261. The van der Waals surface area contributed by atoms with Crippen molar-refractivity contribution in [3.05, 3.63) is 37.1 Å². The van der Waals surface area contributed by atoms with Gasteiger partial charge in [0.2, 0.25) is 0 Å². The van der Waals surface area contributed by atoms with Crippen molar-refractivity contribution in [2.75, 3.05) is 0 Å². The van der Waals surface area contributed by atoms with Crippen LogP contribution in [0.2, 0.25) is 0 Å². The Kier molecular flexibility index (Phi) is 10.6. The molecule has 1 heteroatoms. The second-order valence-electron chi connectivity index (χ2n) is 4.30. The number of allylic oxidation sites excluding steroid dienone is 4. The first-order chi connectivity index (χ1) is 8.29. The molecule has 1 unspecified atom stereocenters. The van der Waals surface area contributed by atoms with Crippen molar-refractivity contribution < 1.29 is 0 Å². The summed E-state index contributed by atoms with van der Waals surface area (Å²) >= 11 is 0. The molecule has 0 aromatic rings. The smallest absolute Gasteiger partial charge is 0.0434 e. The monoisotopic (exact) mass is 233 g/mol.